The van der Waals surface area contributed by atoms with Gasteiger partial charge in [0.1, 0.15) is 0 Å². The number of amides is 1. The molecule has 2 aromatic rings. The largest absolute Gasteiger partial charge is 0.394 e. The maximum absolute atomic E-state index is 13.3. The van der Waals surface area contributed by atoms with Crippen molar-refractivity contribution in [2.75, 3.05) is 19.7 Å². The number of fused-ring (bicyclic) bond motifs is 1. The van der Waals surface area contributed by atoms with Crippen LogP contribution in [0.3, 0.4) is 0 Å². The average Bonchev–Trinajstić information content (AvgIpc) is 2.76. The van der Waals surface area contributed by atoms with Crippen molar-refractivity contribution in [3.63, 3.8) is 0 Å². The van der Waals surface area contributed by atoms with Gasteiger partial charge in [0.05, 0.1) is 30.1 Å². The number of piperazine rings is 1. The molecule has 2 heterocycles. The van der Waals surface area contributed by atoms with Gasteiger partial charge >= 0.3 is 0 Å². The topological polar surface area (TPSA) is 77.9 Å². The van der Waals surface area contributed by atoms with E-state index in [1.165, 1.54) is 4.31 Å². The molecule has 0 aliphatic carbocycles. The molecule has 0 aromatic heterocycles. The van der Waals surface area contributed by atoms with Gasteiger partial charge < -0.3 is 10.0 Å². The standard InChI is InChI=1S/C26H30N2O4S/c1-18(2)7-6-9-20-11-13-21(14-12-20)26-22-15-27(16-25(30)28(22)23(26)17-29)33(31,32)24-10-5-4-8-19(24)3/h4-5,8,10-14,18,22-23,26,29H,7,15-17H2,1-3H3/t22-,23-,26+/m1/s1. The van der Waals surface area contributed by atoms with Crippen LogP contribution in [0.15, 0.2) is 53.4 Å². The Morgan fingerprint density at radius 1 is 1.12 bits per heavy atom. The number of benzene rings is 2. The number of hydrogen-bond acceptors (Lipinski definition) is 4. The molecular weight excluding hydrogens is 436 g/mol. The minimum atomic E-state index is -3.80. The third kappa shape index (κ3) is 4.43. The third-order valence-electron chi connectivity index (χ3n) is 6.47. The summed E-state index contributed by atoms with van der Waals surface area (Å²) in [5.74, 6) is 6.46. The molecule has 0 saturated carbocycles. The zero-order valence-electron chi connectivity index (χ0n) is 19.2. The first kappa shape index (κ1) is 23.5. The molecule has 2 aliphatic heterocycles. The quantitative estimate of drug-likeness (QED) is 0.688. The summed E-state index contributed by atoms with van der Waals surface area (Å²) in [6, 6.07) is 14.0. The Labute approximate surface area is 196 Å². The van der Waals surface area contributed by atoms with E-state index >= 15 is 0 Å². The summed E-state index contributed by atoms with van der Waals surface area (Å²) in [5.41, 5.74) is 2.55. The van der Waals surface area contributed by atoms with Gasteiger partial charge in [-0.25, -0.2) is 8.42 Å². The highest BCUT2D eigenvalue weighted by Crippen LogP contribution is 2.43. The molecule has 0 bridgehead atoms. The number of aryl methyl sites for hydroxylation is 1. The van der Waals surface area contributed by atoms with Gasteiger partial charge in [0, 0.05) is 24.4 Å². The minimum Gasteiger partial charge on any atom is -0.394 e. The van der Waals surface area contributed by atoms with E-state index in [0.29, 0.717) is 11.5 Å². The summed E-state index contributed by atoms with van der Waals surface area (Å²) >= 11 is 0. The van der Waals surface area contributed by atoms with Crippen LogP contribution in [-0.4, -0.2) is 60.4 Å². The lowest BCUT2D eigenvalue weighted by molar-refractivity contribution is -0.158. The highest BCUT2D eigenvalue weighted by molar-refractivity contribution is 7.89. The van der Waals surface area contributed by atoms with Crippen LogP contribution in [0, 0.1) is 24.7 Å². The fourth-order valence-corrected chi connectivity index (χ4v) is 6.42. The van der Waals surface area contributed by atoms with E-state index in [-0.39, 0.29) is 48.5 Å². The summed E-state index contributed by atoms with van der Waals surface area (Å²) in [7, 11) is -3.80. The molecule has 1 amide bonds. The second-order valence-corrected chi connectivity index (χ2v) is 11.1. The van der Waals surface area contributed by atoms with Crippen molar-refractivity contribution in [1.82, 2.24) is 9.21 Å². The number of nitrogens with zero attached hydrogens (tertiary/aromatic N) is 2. The van der Waals surface area contributed by atoms with Gasteiger partial charge in [0.2, 0.25) is 15.9 Å². The zero-order chi connectivity index (χ0) is 23.8. The maximum atomic E-state index is 13.3. The third-order valence-corrected chi connectivity index (χ3v) is 8.44. The molecule has 0 spiro atoms. The normalized spacial score (nSPS) is 23.0. The van der Waals surface area contributed by atoms with Crippen LogP contribution in [-0.2, 0) is 14.8 Å². The molecule has 3 atom stereocenters. The number of carbonyl (C=O) groups excluding carboxylic acids is 1. The fourth-order valence-electron chi connectivity index (χ4n) is 4.78. The lowest BCUT2D eigenvalue weighted by atomic mass is 9.74. The van der Waals surface area contributed by atoms with Crippen molar-refractivity contribution >= 4 is 15.9 Å². The Kier molecular flexibility index (Phi) is 6.62. The predicted octanol–water partition coefficient (Wildman–Crippen LogP) is 2.75. The number of hydrogen-bond donors (Lipinski definition) is 1. The first-order chi connectivity index (χ1) is 15.7. The molecule has 7 heteroatoms. The summed E-state index contributed by atoms with van der Waals surface area (Å²) in [6.07, 6.45) is 0.835. The number of sulfonamides is 1. The van der Waals surface area contributed by atoms with E-state index in [1.807, 2.05) is 24.3 Å². The van der Waals surface area contributed by atoms with Crippen LogP contribution >= 0.6 is 0 Å². The van der Waals surface area contributed by atoms with E-state index in [4.69, 9.17) is 0 Å². The number of carbonyl (C=O) groups is 1. The van der Waals surface area contributed by atoms with Gasteiger partial charge in [-0.05, 0) is 42.2 Å². The summed E-state index contributed by atoms with van der Waals surface area (Å²) < 4.78 is 27.9. The van der Waals surface area contributed by atoms with Crippen LogP contribution in [0.4, 0.5) is 0 Å². The summed E-state index contributed by atoms with van der Waals surface area (Å²) in [6.45, 7) is 5.85. The molecule has 0 unspecified atom stereocenters. The Morgan fingerprint density at radius 3 is 2.45 bits per heavy atom. The summed E-state index contributed by atoms with van der Waals surface area (Å²) in [5, 5.41) is 9.99. The molecular formula is C26H30N2O4S. The molecule has 2 aliphatic rings. The first-order valence-corrected chi connectivity index (χ1v) is 12.7. The predicted molar refractivity (Wildman–Crippen MR) is 127 cm³/mol. The summed E-state index contributed by atoms with van der Waals surface area (Å²) in [4.78, 5) is 14.8. The fraction of sp³-hybridized carbons (Fsp3) is 0.423. The Balaban J connectivity index is 1.58. The van der Waals surface area contributed by atoms with E-state index in [2.05, 4.69) is 25.7 Å². The first-order valence-electron chi connectivity index (χ1n) is 11.3. The lowest BCUT2D eigenvalue weighted by Gasteiger charge is -2.58. The second kappa shape index (κ2) is 9.30. The molecule has 2 saturated heterocycles. The van der Waals surface area contributed by atoms with Crippen LogP contribution in [0.2, 0.25) is 0 Å². The highest BCUT2D eigenvalue weighted by atomic mass is 32.2. The SMILES string of the molecule is Cc1ccccc1S(=O)(=O)N1CC(=O)N2[C@H](CO)[C@@H](c3ccc(C#CCC(C)C)cc3)[C@H]2C1. The van der Waals surface area contributed by atoms with Crippen molar-refractivity contribution in [3.05, 3.63) is 65.2 Å². The van der Waals surface area contributed by atoms with Gasteiger partial charge in [0.15, 0.2) is 0 Å². The maximum Gasteiger partial charge on any atom is 0.243 e. The van der Waals surface area contributed by atoms with Gasteiger partial charge in [-0.3, -0.25) is 4.79 Å². The van der Waals surface area contributed by atoms with Crippen LogP contribution < -0.4 is 0 Å². The van der Waals surface area contributed by atoms with Crippen molar-refractivity contribution in [2.24, 2.45) is 5.92 Å². The molecule has 0 radical (unpaired) electrons. The zero-order valence-corrected chi connectivity index (χ0v) is 20.0. The Bertz CT molecular complexity index is 1190. The van der Waals surface area contributed by atoms with E-state index in [1.54, 1.807) is 36.1 Å². The van der Waals surface area contributed by atoms with Crippen molar-refractivity contribution < 1.29 is 18.3 Å². The van der Waals surface area contributed by atoms with Crippen LogP contribution in [0.25, 0.3) is 0 Å². The lowest BCUT2D eigenvalue weighted by Crippen LogP contribution is -2.73. The molecule has 2 aromatic carbocycles. The van der Waals surface area contributed by atoms with E-state index < -0.39 is 10.0 Å². The van der Waals surface area contributed by atoms with Crippen LogP contribution in [0.5, 0.6) is 0 Å². The molecule has 2 fully saturated rings. The molecule has 1 N–H and O–H groups in total. The Morgan fingerprint density at radius 2 is 1.82 bits per heavy atom. The van der Waals surface area contributed by atoms with E-state index in [9.17, 15) is 18.3 Å². The Hall–Kier alpha value is -2.66. The van der Waals surface area contributed by atoms with Crippen molar-refractivity contribution in [3.8, 4) is 11.8 Å². The van der Waals surface area contributed by atoms with E-state index in [0.717, 1.165) is 17.5 Å². The van der Waals surface area contributed by atoms with Gasteiger partial charge in [-0.1, -0.05) is 56.0 Å². The molecule has 33 heavy (non-hydrogen) atoms. The second-order valence-electron chi connectivity index (χ2n) is 9.23. The molecule has 6 nitrogen and oxygen atoms in total. The van der Waals surface area contributed by atoms with Gasteiger partial charge in [0.25, 0.3) is 0 Å². The smallest absolute Gasteiger partial charge is 0.243 e. The minimum absolute atomic E-state index is 0.133. The molecule has 174 valence electrons. The van der Waals surface area contributed by atoms with Crippen molar-refractivity contribution in [1.29, 1.82) is 0 Å². The van der Waals surface area contributed by atoms with Gasteiger partial charge in [-0.15, -0.1) is 0 Å². The monoisotopic (exact) mass is 466 g/mol. The number of aliphatic hydroxyl groups is 1. The molecule has 4 rings (SSSR count). The number of aliphatic hydroxyl groups excluding tert-OH is 1. The van der Waals surface area contributed by atoms with Gasteiger partial charge in [-0.2, -0.15) is 4.31 Å². The average molecular weight is 467 g/mol. The van der Waals surface area contributed by atoms with Crippen LogP contribution in [0.1, 0.15) is 42.9 Å². The van der Waals surface area contributed by atoms with Crippen molar-refractivity contribution in [2.45, 2.75) is 50.1 Å². The number of rotatable bonds is 5. The highest BCUT2D eigenvalue weighted by Gasteiger charge is 2.55.